The summed E-state index contributed by atoms with van der Waals surface area (Å²) < 4.78 is 12.4. The number of hydrogen-bond donors (Lipinski definition) is 0. The van der Waals surface area contributed by atoms with Crippen LogP contribution in [0.25, 0.3) is 0 Å². The summed E-state index contributed by atoms with van der Waals surface area (Å²) >= 11 is 0. The fraction of sp³-hybridized carbons (Fsp3) is 1.00. The topological polar surface area (TPSA) is 18.5 Å². The van der Waals surface area contributed by atoms with Gasteiger partial charge in [0.05, 0.1) is 13.2 Å². The summed E-state index contributed by atoms with van der Waals surface area (Å²) in [6.45, 7) is 6.58. The fourth-order valence-corrected chi connectivity index (χ4v) is 5.30. The minimum atomic E-state index is 0.112. The third-order valence-corrected chi connectivity index (χ3v) is 7.06. The lowest BCUT2D eigenvalue weighted by Crippen LogP contribution is -2.41. The van der Waals surface area contributed by atoms with E-state index in [1.807, 2.05) is 0 Å². The molecular formula is C21H38O2. The highest BCUT2D eigenvalue weighted by atomic mass is 16.7. The molecule has 0 unspecified atom stereocenters. The van der Waals surface area contributed by atoms with Crippen molar-refractivity contribution in [2.75, 3.05) is 13.2 Å². The van der Waals surface area contributed by atoms with Crippen molar-refractivity contribution >= 4 is 0 Å². The van der Waals surface area contributed by atoms with Crippen LogP contribution in [0.4, 0.5) is 0 Å². The van der Waals surface area contributed by atoms with Gasteiger partial charge in [-0.05, 0) is 56.3 Å². The molecule has 0 atom stereocenters. The molecule has 2 nitrogen and oxygen atoms in total. The summed E-state index contributed by atoms with van der Waals surface area (Å²) in [4.78, 5) is 0. The fourth-order valence-electron chi connectivity index (χ4n) is 5.30. The van der Waals surface area contributed by atoms with Crippen molar-refractivity contribution in [3.63, 3.8) is 0 Å². The monoisotopic (exact) mass is 322 g/mol. The minimum absolute atomic E-state index is 0.112. The van der Waals surface area contributed by atoms with E-state index in [9.17, 15) is 0 Å². The lowest BCUT2D eigenvalue weighted by molar-refractivity contribution is -0.237. The maximum atomic E-state index is 6.21. The molecule has 134 valence electrons. The Kier molecular flexibility index (Phi) is 6.83. The molecule has 2 saturated carbocycles. The van der Waals surface area contributed by atoms with Crippen LogP contribution in [-0.2, 0) is 9.47 Å². The van der Waals surface area contributed by atoms with Crippen LogP contribution in [0.1, 0.15) is 84.5 Å². The van der Waals surface area contributed by atoms with Crippen molar-refractivity contribution in [3.05, 3.63) is 0 Å². The molecule has 2 heteroatoms. The first-order chi connectivity index (χ1) is 11.3. The van der Waals surface area contributed by atoms with Gasteiger partial charge < -0.3 is 9.47 Å². The van der Waals surface area contributed by atoms with E-state index in [4.69, 9.17) is 9.47 Å². The van der Waals surface area contributed by atoms with E-state index in [-0.39, 0.29) is 6.29 Å². The molecule has 0 spiro atoms. The number of ether oxygens (including phenoxy) is 2. The zero-order valence-electron chi connectivity index (χ0n) is 15.5. The summed E-state index contributed by atoms with van der Waals surface area (Å²) in [5.74, 6) is 4.16. The Labute approximate surface area is 143 Å². The maximum absolute atomic E-state index is 6.21. The van der Waals surface area contributed by atoms with E-state index in [1.54, 1.807) is 0 Å². The van der Waals surface area contributed by atoms with Gasteiger partial charge in [0.1, 0.15) is 0 Å². The Morgan fingerprint density at radius 1 is 0.652 bits per heavy atom. The molecule has 1 saturated heterocycles. The molecule has 1 aliphatic heterocycles. The molecule has 1 heterocycles. The first-order valence-corrected chi connectivity index (χ1v) is 10.5. The predicted molar refractivity (Wildman–Crippen MR) is 95.3 cm³/mol. The molecule has 0 amide bonds. The zero-order valence-corrected chi connectivity index (χ0v) is 15.5. The Balaban J connectivity index is 1.37. The van der Waals surface area contributed by atoms with Gasteiger partial charge in [-0.15, -0.1) is 0 Å². The van der Waals surface area contributed by atoms with E-state index < -0.39 is 0 Å². The van der Waals surface area contributed by atoms with Gasteiger partial charge in [0, 0.05) is 11.8 Å². The van der Waals surface area contributed by atoms with Gasteiger partial charge in [0.15, 0.2) is 6.29 Å². The average molecular weight is 323 g/mol. The molecule has 3 aliphatic rings. The van der Waals surface area contributed by atoms with Crippen molar-refractivity contribution in [1.29, 1.82) is 0 Å². The minimum Gasteiger partial charge on any atom is -0.352 e. The molecule has 0 N–H and O–H groups in total. The van der Waals surface area contributed by atoms with Crippen LogP contribution in [0.5, 0.6) is 0 Å². The SMILES string of the molecule is CCCC1CCC(C2OCC(C3CCC(CC)CC3)CO2)CC1. The van der Waals surface area contributed by atoms with Crippen molar-refractivity contribution < 1.29 is 9.47 Å². The van der Waals surface area contributed by atoms with Crippen LogP contribution in [0.3, 0.4) is 0 Å². The normalized spacial score (nSPS) is 42.5. The van der Waals surface area contributed by atoms with Gasteiger partial charge in [-0.25, -0.2) is 0 Å². The lowest BCUT2D eigenvalue weighted by Gasteiger charge is -2.41. The van der Waals surface area contributed by atoms with Crippen LogP contribution < -0.4 is 0 Å². The quantitative estimate of drug-likeness (QED) is 0.637. The highest BCUT2D eigenvalue weighted by molar-refractivity contribution is 4.81. The molecule has 0 aromatic rings. The molecule has 0 radical (unpaired) electrons. The molecule has 3 fully saturated rings. The first-order valence-electron chi connectivity index (χ1n) is 10.5. The molecule has 0 aromatic heterocycles. The van der Waals surface area contributed by atoms with Crippen LogP contribution >= 0.6 is 0 Å². The highest BCUT2D eigenvalue weighted by Gasteiger charge is 2.35. The van der Waals surface area contributed by atoms with Crippen molar-refractivity contribution in [2.45, 2.75) is 90.8 Å². The third-order valence-electron chi connectivity index (χ3n) is 7.06. The number of rotatable bonds is 5. The maximum Gasteiger partial charge on any atom is 0.160 e. The average Bonchev–Trinajstić information content (AvgIpc) is 2.63. The van der Waals surface area contributed by atoms with E-state index in [0.717, 1.165) is 31.0 Å². The summed E-state index contributed by atoms with van der Waals surface area (Å²) in [6, 6.07) is 0. The Morgan fingerprint density at radius 3 is 1.78 bits per heavy atom. The first kappa shape index (κ1) is 17.7. The van der Waals surface area contributed by atoms with Crippen LogP contribution in [0, 0.1) is 29.6 Å². The van der Waals surface area contributed by atoms with Gasteiger partial charge in [0.2, 0.25) is 0 Å². The number of hydrogen-bond acceptors (Lipinski definition) is 2. The Morgan fingerprint density at radius 2 is 1.22 bits per heavy atom. The summed E-state index contributed by atoms with van der Waals surface area (Å²) in [6.07, 6.45) is 15.3. The lowest BCUT2D eigenvalue weighted by atomic mass is 9.75. The van der Waals surface area contributed by atoms with E-state index in [1.165, 1.54) is 70.6 Å². The molecule has 2 aliphatic carbocycles. The largest absolute Gasteiger partial charge is 0.352 e. The summed E-state index contributed by atoms with van der Waals surface area (Å²) in [5, 5.41) is 0. The Hall–Kier alpha value is -0.0800. The van der Waals surface area contributed by atoms with Crippen LogP contribution in [0.2, 0.25) is 0 Å². The highest BCUT2D eigenvalue weighted by Crippen LogP contribution is 2.39. The second kappa shape index (κ2) is 8.85. The van der Waals surface area contributed by atoms with Crippen molar-refractivity contribution in [2.24, 2.45) is 29.6 Å². The Bertz CT molecular complexity index is 319. The molecule has 0 aromatic carbocycles. The predicted octanol–water partition coefficient (Wildman–Crippen LogP) is 5.80. The van der Waals surface area contributed by atoms with Gasteiger partial charge in [-0.2, -0.15) is 0 Å². The van der Waals surface area contributed by atoms with Crippen molar-refractivity contribution in [3.8, 4) is 0 Å². The summed E-state index contributed by atoms with van der Waals surface area (Å²) in [5.41, 5.74) is 0. The molecule has 0 bridgehead atoms. The third kappa shape index (κ3) is 4.72. The van der Waals surface area contributed by atoms with E-state index >= 15 is 0 Å². The van der Waals surface area contributed by atoms with Crippen LogP contribution in [-0.4, -0.2) is 19.5 Å². The van der Waals surface area contributed by atoms with Gasteiger partial charge in [-0.3, -0.25) is 0 Å². The van der Waals surface area contributed by atoms with Crippen molar-refractivity contribution in [1.82, 2.24) is 0 Å². The van der Waals surface area contributed by atoms with Gasteiger partial charge in [-0.1, -0.05) is 46.0 Å². The standard InChI is InChI=1S/C21H38O2/c1-3-5-17-8-12-19(13-9-17)21-22-14-20(15-23-21)18-10-6-16(4-2)7-11-18/h16-21H,3-15H2,1-2H3. The second-order valence-electron chi connectivity index (χ2n) is 8.55. The summed E-state index contributed by atoms with van der Waals surface area (Å²) in [7, 11) is 0. The molecule has 3 rings (SSSR count). The second-order valence-corrected chi connectivity index (χ2v) is 8.55. The van der Waals surface area contributed by atoms with E-state index in [0.29, 0.717) is 11.8 Å². The van der Waals surface area contributed by atoms with Gasteiger partial charge in [0.25, 0.3) is 0 Å². The smallest absolute Gasteiger partial charge is 0.160 e. The van der Waals surface area contributed by atoms with E-state index in [2.05, 4.69) is 13.8 Å². The zero-order chi connectivity index (χ0) is 16.1. The molecular weight excluding hydrogens is 284 g/mol. The van der Waals surface area contributed by atoms with Crippen LogP contribution in [0.15, 0.2) is 0 Å². The van der Waals surface area contributed by atoms with Gasteiger partial charge >= 0.3 is 0 Å². The molecule has 23 heavy (non-hydrogen) atoms.